The van der Waals surface area contributed by atoms with Gasteiger partial charge in [-0.3, -0.25) is 4.21 Å². The van der Waals surface area contributed by atoms with Crippen LogP contribution in [0.2, 0.25) is 5.15 Å². The molecule has 90 valence electrons. The molecular formula is C10H16ClN3OS. The largest absolute Gasteiger partial charge is 0.369 e. The van der Waals surface area contributed by atoms with Gasteiger partial charge in [-0.1, -0.05) is 25.4 Å². The maximum Gasteiger partial charge on any atom is 0.138 e. The molecule has 0 spiro atoms. The molecule has 6 heteroatoms. The molecule has 0 radical (unpaired) electrons. The van der Waals surface area contributed by atoms with Crippen molar-refractivity contribution < 1.29 is 4.21 Å². The van der Waals surface area contributed by atoms with Crippen LogP contribution in [0.25, 0.3) is 0 Å². The summed E-state index contributed by atoms with van der Waals surface area (Å²) in [5.41, 5.74) is 0.908. The predicted octanol–water partition coefficient (Wildman–Crippen LogP) is 2.04. The van der Waals surface area contributed by atoms with Crippen LogP contribution >= 0.6 is 11.6 Å². The summed E-state index contributed by atoms with van der Waals surface area (Å²) in [6, 6.07) is 0. The number of aromatic nitrogens is 2. The van der Waals surface area contributed by atoms with E-state index in [9.17, 15) is 4.21 Å². The molecule has 0 aromatic carbocycles. The van der Waals surface area contributed by atoms with Crippen LogP contribution in [0, 0.1) is 0 Å². The second-order valence-electron chi connectivity index (χ2n) is 3.79. The van der Waals surface area contributed by atoms with E-state index in [4.69, 9.17) is 11.6 Å². The fraction of sp³-hybridized carbons (Fsp3) is 0.600. The van der Waals surface area contributed by atoms with E-state index < -0.39 is 10.8 Å². The lowest BCUT2D eigenvalue weighted by Crippen LogP contribution is -2.13. The highest BCUT2D eigenvalue weighted by Crippen LogP contribution is 2.27. The molecule has 0 bridgehead atoms. The van der Waals surface area contributed by atoms with Crippen molar-refractivity contribution in [2.75, 3.05) is 23.9 Å². The van der Waals surface area contributed by atoms with Gasteiger partial charge in [-0.15, -0.1) is 0 Å². The first-order valence-electron chi connectivity index (χ1n) is 5.06. The van der Waals surface area contributed by atoms with Gasteiger partial charge < -0.3 is 5.32 Å². The molecule has 0 saturated carbocycles. The van der Waals surface area contributed by atoms with E-state index in [1.54, 1.807) is 6.26 Å². The molecule has 1 rings (SSSR count). The van der Waals surface area contributed by atoms with E-state index in [2.05, 4.69) is 15.3 Å². The summed E-state index contributed by atoms with van der Waals surface area (Å²) in [5.74, 6) is 1.59. The number of hydrogen-bond acceptors (Lipinski definition) is 4. The number of rotatable bonds is 5. The van der Waals surface area contributed by atoms with Crippen LogP contribution in [0.1, 0.15) is 25.3 Å². The summed E-state index contributed by atoms with van der Waals surface area (Å²) in [4.78, 5) is 8.11. The van der Waals surface area contributed by atoms with Crippen molar-refractivity contribution in [2.24, 2.45) is 0 Å². The van der Waals surface area contributed by atoms with Gasteiger partial charge in [0.15, 0.2) is 0 Å². The van der Waals surface area contributed by atoms with E-state index >= 15 is 0 Å². The van der Waals surface area contributed by atoms with Crippen LogP contribution in [0.4, 0.5) is 5.82 Å². The summed E-state index contributed by atoms with van der Waals surface area (Å²) in [7, 11) is -0.801. The number of hydrogen-bond donors (Lipinski definition) is 1. The van der Waals surface area contributed by atoms with E-state index in [0.717, 1.165) is 11.4 Å². The van der Waals surface area contributed by atoms with Crippen LogP contribution in [-0.4, -0.2) is 32.7 Å². The Kier molecular flexibility index (Phi) is 5.15. The zero-order chi connectivity index (χ0) is 12.1. The minimum absolute atomic E-state index is 0.253. The molecule has 16 heavy (non-hydrogen) atoms. The average molecular weight is 262 g/mol. The van der Waals surface area contributed by atoms with E-state index in [0.29, 0.717) is 17.5 Å². The first-order chi connectivity index (χ1) is 7.52. The van der Waals surface area contributed by atoms with Crippen molar-refractivity contribution in [1.29, 1.82) is 0 Å². The summed E-state index contributed by atoms with van der Waals surface area (Å²) >= 11 is 6.01. The molecule has 0 aliphatic carbocycles. The molecule has 0 fully saturated rings. The monoisotopic (exact) mass is 261 g/mol. The maximum absolute atomic E-state index is 10.9. The third-order valence-electron chi connectivity index (χ3n) is 2.09. The van der Waals surface area contributed by atoms with Gasteiger partial charge in [-0.05, 0) is 5.92 Å². The van der Waals surface area contributed by atoms with Gasteiger partial charge in [0.1, 0.15) is 17.3 Å². The lowest BCUT2D eigenvalue weighted by atomic mass is 10.1. The Morgan fingerprint density at radius 3 is 2.75 bits per heavy atom. The third kappa shape index (κ3) is 3.72. The number of nitrogens with one attached hydrogen (secondary N) is 1. The molecule has 0 aliphatic rings. The van der Waals surface area contributed by atoms with Crippen molar-refractivity contribution >= 4 is 28.2 Å². The highest BCUT2D eigenvalue weighted by Gasteiger charge is 2.12. The van der Waals surface area contributed by atoms with Crippen molar-refractivity contribution in [3.05, 3.63) is 17.0 Å². The van der Waals surface area contributed by atoms with Gasteiger partial charge in [0.2, 0.25) is 0 Å². The highest BCUT2D eigenvalue weighted by molar-refractivity contribution is 7.84. The molecule has 0 aliphatic heterocycles. The fourth-order valence-electron chi connectivity index (χ4n) is 1.34. The Bertz CT molecular complexity index is 384. The summed E-state index contributed by atoms with van der Waals surface area (Å²) < 4.78 is 10.9. The zero-order valence-electron chi connectivity index (χ0n) is 9.66. The van der Waals surface area contributed by atoms with Gasteiger partial charge in [0, 0.05) is 34.9 Å². The Morgan fingerprint density at radius 1 is 1.50 bits per heavy atom. The number of halogens is 1. The van der Waals surface area contributed by atoms with Crippen molar-refractivity contribution in [3.63, 3.8) is 0 Å². The van der Waals surface area contributed by atoms with E-state index in [1.165, 1.54) is 6.33 Å². The lowest BCUT2D eigenvalue weighted by Gasteiger charge is -2.13. The third-order valence-corrected chi connectivity index (χ3v) is 3.17. The molecule has 1 atom stereocenters. The van der Waals surface area contributed by atoms with Crippen LogP contribution in [0.15, 0.2) is 6.33 Å². The smallest absolute Gasteiger partial charge is 0.138 e. The molecule has 4 nitrogen and oxygen atoms in total. The average Bonchev–Trinajstić information content (AvgIpc) is 2.16. The maximum atomic E-state index is 10.9. The topological polar surface area (TPSA) is 54.9 Å². The summed E-state index contributed by atoms with van der Waals surface area (Å²) in [6.07, 6.45) is 3.11. The van der Waals surface area contributed by atoms with Crippen molar-refractivity contribution in [3.8, 4) is 0 Å². The number of anilines is 1. The molecule has 1 aromatic rings. The van der Waals surface area contributed by atoms with Gasteiger partial charge in [-0.2, -0.15) is 0 Å². The Labute approximate surface area is 103 Å². The van der Waals surface area contributed by atoms with E-state index in [1.807, 2.05) is 13.8 Å². The van der Waals surface area contributed by atoms with Crippen molar-refractivity contribution in [1.82, 2.24) is 9.97 Å². The molecule has 0 amide bonds. The van der Waals surface area contributed by atoms with Crippen molar-refractivity contribution in [2.45, 2.75) is 19.8 Å². The SMILES string of the molecule is CC(C)c1c(Cl)ncnc1NCCS(C)=O. The molecule has 1 unspecified atom stereocenters. The highest BCUT2D eigenvalue weighted by atomic mass is 35.5. The number of nitrogens with zero attached hydrogens (tertiary/aromatic N) is 2. The van der Waals surface area contributed by atoms with Gasteiger partial charge >= 0.3 is 0 Å². The van der Waals surface area contributed by atoms with Gasteiger partial charge in [-0.25, -0.2) is 9.97 Å². The lowest BCUT2D eigenvalue weighted by molar-refractivity contribution is 0.687. The Hall–Kier alpha value is -0.680. The van der Waals surface area contributed by atoms with Crippen LogP contribution in [-0.2, 0) is 10.8 Å². The minimum atomic E-state index is -0.801. The van der Waals surface area contributed by atoms with Gasteiger partial charge in [0.05, 0.1) is 0 Å². The molecule has 1 N–H and O–H groups in total. The zero-order valence-corrected chi connectivity index (χ0v) is 11.2. The first-order valence-corrected chi connectivity index (χ1v) is 7.17. The molecule has 0 saturated heterocycles. The normalized spacial score (nSPS) is 12.8. The predicted molar refractivity (Wildman–Crippen MR) is 68.6 cm³/mol. The van der Waals surface area contributed by atoms with Crippen LogP contribution in [0.3, 0.4) is 0 Å². The Morgan fingerprint density at radius 2 is 2.19 bits per heavy atom. The second-order valence-corrected chi connectivity index (χ2v) is 5.70. The molecular weight excluding hydrogens is 246 g/mol. The van der Waals surface area contributed by atoms with Crippen LogP contribution < -0.4 is 5.32 Å². The van der Waals surface area contributed by atoms with E-state index in [-0.39, 0.29) is 5.92 Å². The summed E-state index contributed by atoms with van der Waals surface area (Å²) in [5, 5.41) is 3.62. The second kappa shape index (κ2) is 6.15. The standard InChI is InChI=1S/C10H16ClN3OS/c1-7(2)8-9(11)13-6-14-10(8)12-4-5-16(3)15/h6-7H,4-5H2,1-3H3,(H,12,13,14). The molecule has 1 aromatic heterocycles. The fourth-order valence-corrected chi connectivity index (χ4v) is 2.08. The van der Waals surface area contributed by atoms with Gasteiger partial charge in [0.25, 0.3) is 0 Å². The minimum Gasteiger partial charge on any atom is -0.369 e. The Balaban J connectivity index is 2.79. The quantitative estimate of drug-likeness (QED) is 0.825. The van der Waals surface area contributed by atoms with Crippen LogP contribution in [0.5, 0.6) is 0 Å². The molecule has 1 heterocycles. The first kappa shape index (κ1) is 13.4. The summed E-state index contributed by atoms with van der Waals surface area (Å²) in [6.45, 7) is 4.69.